The first-order valence-electron chi connectivity index (χ1n) is 9.47. The zero-order valence-corrected chi connectivity index (χ0v) is 16.7. The molecule has 0 spiro atoms. The molecule has 0 saturated heterocycles. The highest BCUT2D eigenvalue weighted by Crippen LogP contribution is 2.28. The second-order valence-electron chi connectivity index (χ2n) is 7.05. The van der Waals surface area contributed by atoms with Crippen LogP contribution >= 0.6 is 0 Å². The highest BCUT2D eigenvalue weighted by molar-refractivity contribution is 5.93. The highest BCUT2D eigenvalue weighted by atomic mass is 16.5. The summed E-state index contributed by atoms with van der Waals surface area (Å²) < 4.78 is 11.5. The molecule has 0 atom stereocenters. The van der Waals surface area contributed by atoms with Gasteiger partial charge in [-0.1, -0.05) is 30.3 Å². The highest BCUT2D eigenvalue weighted by Gasteiger charge is 2.12. The van der Waals surface area contributed by atoms with Gasteiger partial charge in [-0.3, -0.25) is 4.79 Å². The molecule has 0 aliphatic rings. The van der Waals surface area contributed by atoms with Crippen LogP contribution < -0.4 is 10.1 Å². The lowest BCUT2D eigenvalue weighted by Crippen LogP contribution is -2.21. The van der Waals surface area contributed by atoms with E-state index in [4.69, 9.17) is 9.15 Å². The molecule has 5 heteroatoms. The summed E-state index contributed by atoms with van der Waals surface area (Å²) in [5.74, 6) is 1.02. The Morgan fingerprint density at radius 1 is 1.00 bits per heavy atom. The Labute approximate surface area is 169 Å². The van der Waals surface area contributed by atoms with Crippen molar-refractivity contribution in [2.24, 2.45) is 0 Å². The summed E-state index contributed by atoms with van der Waals surface area (Å²) >= 11 is 0. The summed E-state index contributed by atoms with van der Waals surface area (Å²) in [5.41, 5.74) is 6.16. The van der Waals surface area contributed by atoms with Gasteiger partial charge in [0.1, 0.15) is 11.3 Å². The number of para-hydroxylation sites is 2. The Hall–Kier alpha value is -3.60. The molecule has 4 rings (SSSR count). The number of fused-ring (bicyclic) bond motifs is 1. The van der Waals surface area contributed by atoms with E-state index >= 15 is 0 Å². The van der Waals surface area contributed by atoms with Gasteiger partial charge in [-0.15, -0.1) is 0 Å². The van der Waals surface area contributed by atoms with Gasteiger partial charge in [0.15, 0.2) is 12.2 Å². The number of anilines is 1. The molecule has 0 saturated carbocycles. The van der Waals surface area contributed by atoms with Crippen molar-refractivity contribution in [1.82, 2.24) is 4.98 Å². The molecule has 5 nitrogen and oxygen atoms in total. The van der Waals surface area contributed by atoms with Crippen molar-refractivity contribution in [2.75, 3.05) is 11.9 Å². The molecule has 146 valence electrons. The summed E-state index contributed by atoms with van der Waals surface area (Å²) in [6.07, 6.45) is 0. The van der Waals surface area contributed by atoms with Crippen molar-refractivity contribution >= 4 is 22.7 Å². The summed E-state index contributed by atoms with van der Waals surface area (Å²) in [6.45, 7) is 5.88. The normalized spacial score (nSPS) is 10.9. The molecule has 0 aliphatic heterocycles. The molecule has 1 amide bonds. The van der Waals surface area contributed by atoms with Crippen LogP contribution in [0.3, 0.4) is 0 Å². The van der Waals surface area contributed by atoms with Gasteiger partial charge in [0.2, 0.25) is 5.89 Å². The van der Waals surface area contributed by atoms with Gasteiger partial charge in [-0.25, -0.2) is 4.98 Å². The maximum Gasteiger partial charge on any atom is 0.262 e. The van der Waals surface area contributed by atoms with E-state index in [-0.39, 0.29) is 12.5 Å². The average Bonchev–Trinajstić information content (AvgIpc) is 3.15. The molecule has 4 aromatic rings. The largest absolute Gasteiger partial charge is 0.483 e. The van der Waals surface area contributed by atoms with Gasteiger partial charge in [0.25, 0.3) is 5.91 Å². The van der Waals surface area contributed by atoms with Crippen LogP contribution in [0.1, 0.15) is 16.7 Å². The first-order valence-corrected chi connectivity index (χ1v) is 9.47. The van der Waals surface area contributed by atoms with E-state index in [1.165, 1.54) is 0 Å². The molecule has 0 radical (unpaired) electrons. The molecule has 0 fully saturated rings. The number of ether oxygens (including phenoxy) is 1. The van der Waals surface area contributed by atoms with Gasteiger partial charge in [0, 0.05) is 11.3 Å². The molecular formula is C24H22N2O3. The summed E-state index contributed by atoms with van der Waals surface area (Å²) in [5, 5.41) is 2.93. The van der Waals surface area contributed by atoms with Crippen LogP contribution in [0.15, 0.2) is 65.1 Å². The minimum Gasteiger partial charge on any atom is -0.483 e. The van der Waals surface area contributed by atoms with Crippen LogP contribution in [-0.4, -0.2) is 17.5 Å². The van der Waals surface area contributed by atoms with Crippen LogP contribution in [0.5, 0.6) is 5.75 Å². The number of hydrogen-bond donors (Lipinski definition) is 1. The maximum atomic E-state index is 12.4. The number of carbonyl (C=O) groups excluding carboxylic acids is 1. The van der Waals surface area contributed by atoms with Crippen LogP contribution in [0.2, 0.25) is 0 Å². The van der Waals surface area contributed by atoms with Gasteiger partial charge in [-0.2, -0.15) is 0 Å². The minimum absolute atomic E-state index is 0.0587. The van der Waals surface area contributed by atoms with Crippen molar-refractivity contribution < 1.29 is 13.9 Å². The van der Waals surface area contributed by atoms with Crippen LogP contribution in [-0.2, 0) is 4.79 Å². The Morgan fingerprint density at radius 3 is 2.66 bits per heavy atom. The molecule has 1 heterocycles. The number of benzene rings is 3. The topological polar surface area (TPSA) is 64.4 Å². The maximum absolute atomic E-state index is 12.4. The summed E-state index contributed by atoms with van der Waals surface area (Å²) in [4.78, 5) is 17.0. The van der Waals surface area contributed by atoms with Gasteiger partial charge < -0.3 is 14.5 Å². The fourth-order valence-electron chi connectivity index (χ4n) is 3.10. The van der Waals surface area contributed by atoms with Crippen LogP contribution in [0, 0.1) is 20.8 Å². The van der Waals surface area contributed by atoms with E-state index in [0.29, 0.717) is 11.6 Å². The second kappa shape index (κ2) is 7.80. The van der Waals surface area contributed by atoms with Gasteiger partial charge >= 0.3 is 0 Å². The first-order chi connectivity index (χ1) is 14.0. The average molecular weight is 386 g/mol. The first kappa shape index (κ1) is 18.7. The number of carbonyl (C=O) groups is 1. The Kier molecular flexibility index (Phi) is 5.04. The number of aromatic nitrogens is 1. The number of aryl methyl sites for hydroxylation is 2. The second-order valence-corrected chi connectivity index (χ2v) is 7.05. The number of nitrogens with one attached hydrogen (secondary N) is 1. The molecule has 1 aromatic heterocycles. The van der Waals surface area contributed by atoms with Crippen molar-refractivity contribution in [2.45, 2.75) is 20.8 Å². The predicted molar refractivity (Wildman–Crippen MR) is 114 cm³/mol. The van der Waals surface area contributed by atoms with E-state index < -0.39 is 0 Å². The fourth-order valence-corrected chi connectivity index (χ4v) is 3.10. The minimum atomic E-state index is -0.219. The molecule has 0 bridgehead atoms. The third kappa shape index (κ3) is 3.99. The molecular weight excluding hydrogens is 364 g/mol. The molecule has 3 aromatic carbocycles. The molecule has 1 N–H and O–H groups in total. The molecule has 29 heavy (non-hydrogen) atoms. The quantitative estimate of drug-likeness (QED) is 0.496. The number of nitrogens with zero attached hydrogens (tertiary/aromatic N) is 1. The van der Waals surface area contributed by atoms with Crippen LogP contribution in [0.4, 0.5) is 5.69 Å². The lowest BCUT2D eigenvalue weighted by molar-refractivity contribution is -0.118. The lowest BCUT2D eigenvalue weighted by atomic mass is 10.1. The van der Waals surface area contributed by atoms with Gasteiger partial charge in [0.05, 0.1) is 0 Å². The van der Waals surface area contributed by atoms with Crippen molar-refractivity contribution in [3.05, 3.63) is 77.4 Å². The number of amides is 1. The Bertz CT molecular complexity index is 1160. The van der Waals surface area contributed by atoms with Crippen molar-refractivity contribution in [3.63, 3.8) is 0 Å². The number of hydrogen-bond acceptors (Lipinski definition) is 4. The molecule has 0 aliphatic carbocycles. The zero-order valence-electron chi connectivity index (χ0n) is 16.7. The Morgan fingerprint density at radius 2 is 1.83 bits per heavy atom. The third-order valence-corrected chi connectivity index (χ3v) is 4.97. The van der Waals surface area contributed by atoms with Crippen molar-refractivity contribution in [3.8, 4) is 17.2 Å². The van der Waals surface area contributed by atoms with E-state index in [1.54, 1.807) is 0 Å². The number of rotatable bonds is 5. The SMILES string of the molecule is Cc1ccc(-c2nc3ccccc3o2)cc1NC(=O)COc1cccc(C)c1C. The monoisotopic (exact) mass is 386 g/mol. The van der Waals surface area contributed by atoms with Gasteiger partial charge in [-0.05, 0) is 67.8 Å². The smallest absolute Gasteiger partial charge is 0.262 e. The summed E-state index contributed by atoms with van der Waals surface area (Å²) in [6, 6.07) is 19.2. The predicted octanol–water partition coefficient (Wildman–Crippen LogP) is 5.44. The third-order valence-electron chi connectivity index (χ3n) is 4.97. The standard InChI is InChI=1S/C24H22N2O3/c1-15-7-6-10-21(17(15)3)28-14-23(27)25-20-13-18(12-11-16(20)2)24-26-19-8-4-5-9-22(19)29-24/h4-13H,14H2,1-3H3,(H,25,27). The van der Waals surface area contributed by atoms with E-state index in [0.717, 1.165) is 39.1 Å². The molecule has 0 unspecified atom stereocenters. The fraction of sp³-hybridized carbons (Fsp3) is 0.167. The van der Waals surface area contributed by atoms with E-state index in [2.05, 4.69) is 10.3 Å². The van der Waals surface area contributed by atoms with E-state index in [1.807, 2.05) is 81.4 Å². The van der Waals surface area contributed by atoms with E-state index in [9.17, 15) is 4.79 Å². The zero-order chi connectivity index (χ0) is 20.4. The van der Waals surface area contributed by atoms with Crippen molar-refractivity contribution in [1.29, 1.82) is 0 Å². The lowest BCUT2D eigenvalue weighted by Gasteiger charge is -2.12. The summed E-state index contributed by atoms with van der Waals surface area (Å²) in [7, 11) is 0. The number of oxazole rings is 1. The van der Waals surface area contributed by atoms with Crippen LogP contribution in [0.25, 0.3) is 22.6 Å². The Balaban J connectivity index is 1.50.